The lowest BCUT2D eigenvalue weighted by Gasteiger charge is -2.03. The molecule has 0 radical (unpaired) electrons. The third kappa shape index (κ3) is 8.57. The van der Waals surface area contributed by atoms with Gasteiger partial charge in [-0.15, -0.1) is 11.3 Å². The van der Waals surface area contributed by atoms with Gasteiger partial charge < -0.3 is 5.11 Å². The summed E-state index contributed by atoms with van der Waals surface area (Å²) in [6.07, 6.45) is 17.0. The molecule has 3 heteroatoms. The van der Waals surface area contributed by atoms with Crippen LogP contribution in [0.15, 0.2) is 11.4 Å². The minimum Gasteiger partial charge on any atom is -0.478 e. The Morgan fingerprint density at radius 2 is 1.41 bits per heavy atom. The zero-order valence-electron chi connectivity index (χ0n) is 14.1. The Morgan fingerprint density at radius 1 is 0.909 bits per heavy atom. The first-order valence-corrected chi connectivity index (χ1v) is 9.93. The van der Waals surface area contributed by atoms with E-state index in [0.29, 0.717) is 5.56 Å². The van der Waals surface area contributed by atoms with Crippen LogP contribution in [0.5, 0.6) is 0 Å². The Hall–Kier alpha value is -0.830. The van der Waals surface area contributed by atoms with E-state index in [2.05, 4.69) is 6.92 Å². The molecule has 0 aromatic carbocycles. The fourth-order valence-electron chi connectivity index (χ4n) is 2.85. The third-order valence-corrected chi connectivity index (χ3v) is 5.21. The first-order valence-electron chi connectivity index (χ1n) is 9.05. The highest BCUT2D eigenvalue weighted by atomic mass is 32.1. The highest BCUT2D eigenvalue weighted by Crippen LogP contribution is 2.20. The van der Waals surface area contributed by atoms with Crippen LogP contribution in [0.3, 0.4) is 0 Å². The van der Waals surface area contributed by atoms with E-state index >= 15 is 0 Å². The van der Waals surface area contributed by atoms with Gasteiger partial charge in [-0.3, -0.25) is 0 Å². The molecule has 0 saturated heterocycles. The molecule has 2 nitrogen and oxygen atoms in total. The standard InChI is InChI=1S/C19H32O2S/c1-2-3-4-5-6-7-8-9-10-11-12-13-14-18-17(19(20)21)15-16-22-18/h15-16H,2-14H2,1H3,(H,20,21). The Balaban J connectivity index is 1.89. The van der Waals surface area contributed by atoms with Crippen LogP contribution in [-0.4, -0.2) is 11.1 Å². The molecule has 1 aromatic rings. The van der Waals surface area contributed by atoms with E-state index < -0.39 is 5.97 Å². The predicted octanol–water partition coefficient (Wildman–Crippen LogP) is 6.69. The minimum atomic E-state index is -0.782. The Labute approximate surface area is 140 Å². The lowest BCUT2D eigenvalue weighted by molar-refractivity contribution is 0.0696. The third-order valence-electron chi connectivity index (χ3n) is 4.23. The van der Waals surface area contributed by atoms with Crippen molar-refractivity contribution in [2.45, 2.75) is 90.4 Å². The average Bonchev–Trinajstić information content (AvgIpc) is 2.97. The van der Waals surface area contributed by atoms with E-state index in [1.54, 1.807) is 17.4 Å². The molecule has 0 aliphatic heterocycles. The molecule has 0 unspecified atom stereocenters. The number of rotatable bonds is 14. The average molecular weight is 325 g/mol. The summed E-state index contributed by atoms with van der Waals surface area (Å²) in [7, 11) is 0. The number of carboxylic acid groups (broad SMARTS) is 1. The maximum absolute atomic E-state index is 11.0. The van der Waals surface area contributed by atoms with Crippen LogP contribution in [0.25, 0.3) is 0 Å². The Kier molecular flexibility index (Phi) is 11.1. The molecule has 0 aliphatic carbocycles. The molecule has 0 spiro atoms. The molecular weight excluding hydrogens is 292 g/mol. The highest BCUT2D eigenvalue weighted by molar-refractivity contribution is 7.10. The smallest absolute Gasteiger partial charge is 0.336 e. The fourth-order valence-corrected chi connectivity index (χ4v) is 3.76. The number of carbonyl (C=O) groups is 1. The first kappa shape index (κ1) is 19.2. The summed E-state index contributed by atoms with van der Waals surface area (Å²) in [6, 6.07) is 1.73. The normalized spacial score (nSPS) is 11.0. The van der Waals surface area contributed by atoms with Gasteiger partial charge in [-0.05, 0) is 24.3 Å². The van der Waals surface area contributed by atoms with Gasteiger partial charge in [0.25, 0.3) is 0 Å². The van der Waals surface area contributed by atoms with Gasteiger partial charge in [-0.25, -0.2) is 4.79 Å². The maximum Gasteiger partial charge on any atom is 0.336 e. The van der Waals surface area contributed by atoms with Crippen molar-refractivity contribution in [2.75, 3.05) is 0 Å². The molecule has 1 aromatic heterocycles. The van der Waals surface area contributed by atoms with E-state index in [1.165, 1.54) is 70.6 Å². The van der Waals surface area contributed by atoms with Crippen molar-refractivity contribution in [3.63, 3.8) is 0 Å². The molecular formula is C19H32O2S. The lowest BCUT2D eigenvalue weighted by atomic mass is 10.0. The second-order valence-corrected chi connectivity index (χ2v) is 7.20. The first-order chi connectivity index (χ1) is 10.8. The molecule has 22 heavy (non-hydrogen) atoms. The van der Waals surface area contributed by atoms with Crippen LogP contribution in [0.1, 0.15) is 99.2 Å². The van der Waals surface area contributed by atoms with E-state index in [-0.39, 0.29) is 0 Å². The molecule has 1 heterocycles. The fraction of sp³-hybridized carbons (Fsp3) is 0.737. The second-order valence-electron chi connectivity index (χ2n) is 6.20. The molecule has 1 rings (SSSR count). The Bertz CT molecular complexity index is 398. The largest absolute Gasteiger partial charge is 0.478 e. The van der Waals surface area contributed by atoms with Gasteiger partial charge in [-0.2, -0.15) is 0 Å². The molecule has 0 aliphatic rings. The van der Waals surface area contributed by atoms with Crippen LogP contribution < -0.4 is 0 Å². The zero-order valence-corrected chi connectivity index (χ0v) is 14.9. The monoisotopic (exact) mass is 324 g/mol. The molecule has 0 saturated carbocycles. The number of aromatic carboxylic acids is 1. The lowest BCUT2D eigenvalue weighted by Crippen LogP contribution is -1.98. The predicted molar refractivity (Wildman–Crippen MR) is 96.1 cm³/mol. The molecule has 0 bridgehead atoms. The number of thiophene rings is 1. The van der Waals surface area contributed by atoms with Gasteiger partial charge >= 0.3 is 5.97 Å². The van der Waals surface area contributed by atoms with E-state index in [4.69, 9.17) is 5.11 Å². The van der Waals surface area contributed by atoms with Crippen LogP contribution in [0.4, 0.5) is 0 Å². The Morgan fingerprint density at radius 3 is 1.91 bits per heavy atom. The van der Waals surface area contributed by atoms with E-state index in [1.807, 2.05) is 5.38 Å². The van der Waals surface area contributed by atoms with Crippen molar-refractivity contribution >= 4 is 17.3 Å². The van der Waals surface area contributed by atoms with E-state index in [9.17, 15) is 4.79 Å². The summed E-state index contributed by atoms with van der Waals surface area (Å²) in [4.78, 5) is 12.0. The second kappa shape index (κ2) is 12.7. The number of hydrogen-bond donors (Lipinski definition) is 1. The van der Waals surface area contributed by atoms with Gasteiger partial charge in [0.15, 0.2) is 0 Å². The summed E-state index contributed by atoms with van der Waals surface area (Å²) >= 11 is 1.58. The number of carboxylic acids is 1. The van der Waals surface area contributed by atoms with Crippen molar-refractivity contribution in [2.24, 2.45) is 0 Å². The van der Waals surface area contributed by atoms with Crippen LogP contribution in [-0.2, 0) is 6.42 Å². The van der Waals surface area contributed by atoms with Crippen molar-refractivity contribution in [3.05, 3.63) is 21.9 Å². The molecule has 0 fully saturated rings. The zero-order chi connectivity index (χ0) is 16.0. The van der Waals surface area contributed by atoms with Gasteiger partial charge in [0.1, 0.15) is 0 Å². The van der Waals surface area contributed by atoms with Gasteiger partial charge in [0.2, 0.25) is 0 Å². The van der Waals surface area contributed by atoms with Crippen molar-refractivity contribution < 1.29 is 9.90 Å². The number of aryl methyl sites for hydroxylation is 1. The molecule has 126 valence electrons. The summed E-state index contributed by atoms with van der Waals surface area (Å²) in [5.41, 5.74) is 0.507. The SMILES string of the molecule is CCCCCCCCCCCCCCc1sccc1C(=O)O. The van der Waals surface area contributed by atoms with Crippen molar-refractivity contribution in [3.8, 4) is 0 Å². The molecule has 0 amide bonds. The molecule has 0 atom stereocenters. The number of hydrogen-bond acceptors (Lipinski definition) is 2. The van der Waals surface area contributed by atoms with Gasteiger partial charge in [0, 0.05) is 4.88 Å². The maximum atomic E-state index is 11.0. The summed E-state index contributed by atoms with van der Waals surface area (Å²) < 4.78 is 0. The van der Waals surface area contributed by atoms with Crippen molar-refractivity contribution in [1.82, 2.24) is 0 Å². The van der Waals surface area contributed by atoms with Gasteiger partial charge in [-0.1, -0.05) is 77.6 Å². The highest BCUT2D eigenvalue weighted by Gasteiger charge is 2.10. The van der Waals surface area contributed by atoms with Crippen LogP contribution in [0.2, 0.25) is 0 Å². The minimum absolute atomic E-state index is 0.507. The topological polar surface area (TPSA) is 37.3 Å². The van der Waals surface area contributed by atoms with Crippen LogP contribution in [0, 0.1) is 0 Å². The van der Waals surface area contributed by atoms with Crippen molar-refractivity contribution in [1.29, 1.82) is 0 Å². The number of unbranched alkanes of at least 4 members (excludes halogenated alkanes) is 11. The van der Waals surface area contributed by atoms with E-state index in [0.717, 1.165) is 17.7 Å². The van der Waals surface area contributed by atoms with Gasteiger partial charge in [0.05, 0.1) is 5.56 Å². The summed E-state index contributed by atoms with van der Waals surface area (Å²) in [5, 5.41) is 10.9. The summed E-state index contributed by atoms with van der Waals surface area (Å²) in [5.74, 6) is -0.782. The summed E-state index contributed by atoms with van der Waals surface area (Å²) in [6.45, 7) is 2.26. The van der Waals surface area contributed by atoms with Crippen LogP contribution >= 0.6 is 11.3 Å². The molecule has 1 N–H and O–H groups in total. The quantitative estimate of drug-likeness (QED) is 0.387.